The highest BCUT2D eigenvalue weighted by atomic mass is 19.1. The number of nitrogen functional groups attached to an aromatic ring is 1. The van der Waals surface area contributed by atoms with E-state index >= 15 is 0 Å². The molecule has 1 fully saturated rings. The van der Waals surface area contributed by atoms with E-state index < -0.39 is 11.9 Å². The summed E-state index contributed by atoms with van der Waals surface area (Å²) >= 11 is 0. The number of carbonyl (C=O) groups is 1. The SMILES string of the molecule is C[C@H]1CCC[C@@](C)(CCCCCN2C(=O)C(c3cccc(C(=N)N)c3)Oc3ccc(F)cc32)N1. The molecule has 2 aromatic carbocycles. The fourth-order valence-corrected chi connectivity index (χ4v) is 5.25. The van der Waals surface area contributed by atoms with Gasteiger partial charge in [-0.05, 0) is 57.7 Å². The van der Waals surface area contributed by atoms with Crippen LogP contribution in [0.2, 0.25) is 0 Å². The van der Waals surface area contributed by atoms with Crippen LogP contribution in [0.25, 0.3) is 0 Å². The van der Waals surface area contributed by atoms with E-state index in [2.05, 4.69) is 19.2 Å². The number of nitrogens with two attached hydrogens (primary N) is 1. The lowest BCUT2D eigenvalue weighted by Crippen LogP contribution is -2.50. The Hall–Kier alpha value is -2.93. The number of unbranched alkanes of at least 4 members (excludes halogenated alkanes) is 2. The quantitative estimate of drug-likeness (QED) is 0.288. The van der Waals surface area contributed by atoms with E-state index in [0.29, 0.717) is 35.2 Å². The van der Waals surface area contributed by atoms with Gasteiger partial charge in [0.1, 0.15) is 17.4 Å². The van der Waals surface area contributed by atoms with Gasteiger partial charge < -0.3 is 20.7 Å². The number of benzene rings is 2. The molecule has 0 spiro atoms. The normalized spacial score (nSPS) is 24.4. The Bertz CT molecular complexity index is 1060. The van der Waals surface area contributed by atoms with E-state index in [0.717, 1.165) is 25.7 Å². The van der Waals surface area contributed by atoms with Crippen molar-refractivity contribution < 1.29 is 13.9 Å². The van der Waals surface area contributed by atoms with E-state index in [1.807, 2.05) is 0 Å². The summed E-state index contributed by atoms with van der Waals surface area (Å²) in [5.41, 5.74) is 7.45. The van der Waals surface area contributed by atoms with Crippen molar-refractivity contribution in [1.29, 1.82) is 5.41 Å². The first kappa shape index (κ1) is 24.2. The minimum Gasteiger partial charge on any atom is -0.474 e. The van der Waals surface area contributed by atoms with Gasteiger partial charge in [-0.3, -0.25) is 10.2 Å². The number of carbonyl (C=O) groups excluding carboxylic acids is 1. The minimum atomic E-state index is -0.857. The molecular formula is C27H35FN4O2. The smallest absolute Gasteiger partial charge is 0.272 e. The first-order valence-electron chi connectivity index (χ1n) is 12.3. The summed E-state index contributed by atoms with van der Waals surface area (Å²) < 4.78 is 20.0. The summed E-state index contributed by atoms with van der Waals surface area (Å²) in [6.07, 6.45) is 6.85. The number of fused-ring (bicyclic) bond motifs is 1. The summed E-state index contributed by atoms with van der Waals surface area (Å²) in [5.74, 6) is -0.219. The van der Waals surface area contributed by atoms with Crippen molar-refractivity contribution in [3.63, 3.8) is 0 Å². The molecule has 3 atom stereocenters. The molecule has 0 aliphatic carbocycles. The molecule has 4 rings (SSSR count). The van der Waals surface area contributed by atoms with Gasteiger partial charge in [0.25, 0.3) is 5.91 Å². The van der Waals surface area contributed by atoms with Crippen LogP contribution in [0.15, 0.2) is 42.5 Å². The molecule has 0 radical (unpaired) electrons. The molecule has 2 aliphatic heterocycles. The standard InChI is InChI=1S/C27H35FN4O2/c1-18-8-7-14-27(2,31-18)13-4-3-5-15-32-22-17-21(28)11-12-23(22)34-24(26(32)33)19-9-6-10-20(16-19)25(29)30/h6,9-12,16-18,24,31H,3-5,7-8,13-15H2,1-2H3,(H3,29,30)/t18-,24?,27+/m0/s1. The van der Waals surface area contributed by atoms with Gasteiger partial charge in [0.05, 0.1) is 5.69 Å². The third-order valence-corrected chi connectivity index (χ3v) is 7.02. The maximum atomic E-state index is 14.0. The van der Waals surface area contributed by atoms with Crippen LogP contribution in [0, 0.1) is 11.2 Å². The van der Waals surface area contributed by atoms with Crippen LogP contribution in [0.3, 0.4) is 0 Å². The van der Waals surface area contributed by atoms with Crippen molar-refractivity contribution in [3.05, 3.63) is 59.4 Å². The van der Waals surface area contributed by atoms with Crippen molar-refractivity contribution >= 4 is 17.4 Å². The molecule has 0 saturated carbocycles. The Morgan fingerprint density at radius 2 is 2.09 bits per heavy atom. The summed E-state index contributed by atoms with van der Waals surface area (Å²) in [7, 11) is 0. The Morgan fingerprint density at radius 1 is 1.26 bits per heavy atom. The lowest BCUT2D eigenvalue weighted by molar-refractivity contribution is -0.126. The molecule has 2 heterocycles. The number of rotatable bonds is 8. The molecule has 0 aromatic heterocycles. The van der Waals surface area contributed by atoms with Crippen molar-refractivity contribution in [2.45, 2.75) is 76.5 Å². The number of hydrogen-bond acceptors (Lipinski definition) is 4. The molecule has 182 valence electrons. The number of halogens is 1. The number of nitrogens with one attached hydrogen (secondary N) is 2. The van der Waals surface area contributed by atoms with E-state index in [1.54, 1.807) is 35.2 Å². The van der Waals surface area contributed by atoms with Gasteiger partial charge in [0.15, 0.2) is 0 Å². The second-order valence-electron chi connectivity index (χ2n) is 9.95. The molecular weight excluding hydrogens is 431 g/mol. The number of anilines is 1. The number of piperidine rings is 1. The van der Waals surface area contributed by atoms with Gasteiger partial charge in [-0.15, -0.1) is 0 Å². The zero-order chi connectivity index (χ0) is 24.3. The van der Waals surface area contributed by atoms with Gasteiger partial charge in [-0.1, -0.05) is 37.5 Å². The lowest BCUT2D eigenvalue weighted by Gasteiger charge is -2.39. The molecule has 1 unspecified atom stereocenters. The Balaban J connectivity index is 1.45. The highest BCUT2D eigenvalue weighted by Gasteiger charge is 2.36. The van der Waals surface area contributed by atoms with Crippen molar-refractivity contribution in [3.8, 4) is 5.75 Å². The van der Waals surface area contributed by atoms with Crippen LogP contribution in [-0.2, 0) is 4.79 Å². The average Bonchev–Trinajstić information content (AvgIpc) is 2.80. The molecule has 4 N–H and O–H groups in total. The zero-order valence-electron chi connectivity index (χ0n) is 20.1. The predicted molar refractivity (Wildman–Crippen MR) is 133 cm³/mol. The zero-order valence-corrected chi connectivity index (χ0v) is 20.1. The first-order valence-corrected chi connectivity index (χ1v) is 12.3. The lowest BCUT2D eigenvalue weighted by atomic mass is 9.84. The molecule has 2 aliphatic rings. The predicted octanol–water partition coefficient (Wildman–Crippen LogP) is 5.06. The van der Waals surface area contributed by atoms with Crippen molar-refractivity contribution in [1.82, 2.24) is 5.32 Å². The maximum Gasteiger partial charge on any atom is 0.272 e. The summed E-state index contributed by atoms with van der Waals surface area (Å²) in [6, 6.07) is 11.8. The van der Waals surface area contributed by atoms with Crippen LogP contribution >= 0.6 is 0 Å². The van der Waals surface area contributed by atoms with E-state index in [-0.39, 0.29) is 17.3 Å². The number of hydrogen-bond donors (Lipinski definition) is 3. The van der Waals surface area contributed by atoms with E-state index in [4.69, 9.17) is 15.9 Å². The molecule has 34 heavy (non-hydrogen) atoms. The summed E-state index contributed by atoms with van der Waals surface area (Å²) in [6.45, 7) is 5.07. The summed E-state index contributed by atoms with van der Waals surface area (Å²) in [5, 5.41) is 11.5. The molecule has 6 nitrogen and oxygen atoms in total. The molecule has 1 saturated heterocycles. The van der Waals surface area contributed by atoms with Crippen LogP contribution in [0.1, 0.15) is 76.0 Å². The first-order chi connectivity index (χ1) is 16.3. The largest absolute Gasteiger partial charge is 0.474 e. The number of ether oxygens (including phenoxy) is 1. The number of nitrogens with zero attached hydrogens (tertiary/aromatic N) is 1. The highest BCUT2D eigenvalue weighted by molar-refractivity contribution is 6.01. The Labute approximate surface area is 201 Å². The molecule has 1 amide bonds. The molecule has 2 aromatic rings. The van der Waals surface area contributed by atoms with E-state index in [9.17, 15) is 9.18 Å². The topological polar surface area (TPSA) is 91.4 Å². The number of amides is 1. The van der Waals surface area contributed by atoms with Crippen LogP contribution in [0.4, 0.5) is 10.1 Å². The fourth-order valence-electron chi connectivity index (χ4n) is 5.25. The molecule has 0 bridgehead atoms. The molecule has 7 heteroatoms. The van der Waals surface area contributed by atoms with Crippen LogP contribution in [0.5, 0.6) is 5.75 Å². The Morgan fingerprint density at radius 3 is 2.85 bits per heavy atom. The Kier molecular flexibility index (Phi) is 7.22. The third kappa shape index (κ3) is 5.41. The average molecular weight is 467 g/mol. The minimum absolute atomic E-state index is 0.0695. The number of amidine groups is 1. The van der Waals surface area contributed by atoms with Crippen molar-refractivity contribution in [2.75, 3.05) is 11.4 Å². The second kappa shape index (κ2) is 10.1. The summed E-state index contributed by atoms with van der Waals surface area (Å²) in [4.78, 5) is 15.1. The van der Waals surface area contributed by atoms with Gasteiger partial charge in [0.2, 0.25) is 6.10 Å². The van der Waals surface area contributed by atoms with Crippen LogP contribution < -0.4 is 20.7 Å². The fraction of sp³-hybridized carbons (Fsp3) is 0.481. The second-order valence-corrected chi connectivity index (χ2v) is 9.95. The van der Waals surface area contributed by atoms with Crippen LogP contribution in [-0.4, -0.2) is 29.9 Å². The monoisotopic (exact) mass is 466 g/mol. The third-order valence-electron chi connectivity index (χ3n) is 7.02. The van der Waals surface area contributed by atoms with Gasteiger partial charge in [0, 0.05) is 35.3 Å². The van der Waals surface area contributed by atoms with E-state index in [1.165, 1.54) is 31.4 Å². The maximum absolute atomic E-state index is 14.0. The van der Waals surface area contributed by atoms with Gasteiger partial charge in [-0.25, -0.2) is 4.39 Å². The highest BCUT2D eigenvalue weighted by Crippen LogP contribution is 2.39. The van der Waals surface area contributed by atoms with Crippen molar-refractivity contribution in [2.24, 2.45) is 5.73 Å². The van der Waals surface area contributed by atoms with Gasteiger partial charge in [-0.2, -0.15) is 0 Å². The van der Waals surface area contributed by atoms with Gasteiger partial charge >= 0.3 is 0 Å².